The smallest absolute Gasteiger partial charge is 0.311 e. The maximum Gasteiger partial charge on any atom is 0.311 e. The highest BCUT2D eigenvalue weighted by atomic mass is 16.5. The van der Waals surface area contributed by atoms with Crippen LogP contribution in [0.3, 0.4) is 0 Å². The van der Waals surface area contributed by atoms with Crippen LogP contribution in [0.15, 0.2) is 18.2 Å². The van der Waals surface area contributed by atoms with Gasteiger partial charge in [-0.2, -0.15) is 0 Å². The fourth-order valence-electron chi connectivity index (χ4n) is 3.07. The van der Waals surface area contributed by atoms with E-state index in [0.29, 0.717) is 24.2 Å². The van der Waals surface area contributed by atoms with Gasteiger partial charge in [0.2, 0.25) is 5.91 Å². The third-order valence-corrected chi connectivity index (χ3v) is 4.22. The van der Waals surface area contributed by atoms with Crippen LogP contribution in [0.2, 0.25) is 0 Å². The van der Waals surface area contributed by atoms with E-state index in [-0.39, 0.29) is 24.1 Å². The van der Waals surface area contributed by atoms with Gasteiger partial charge in [0.1, 0.15) is 0 Å². The number of hydrogen-bond donors (Lipinski definition) is 0. The van der Waals surface area contributed by atoms with Crippen LogP contribution >= 0.6 is 0 Å². The van der Waals surface area contributed by atoms with Gasteiger partial charge in [0.15, 0.2) is 5.78 Å². The minimum absolute atomic E-state index is 0.103. The first-order valence-corrected chi connectivity index (χ1v) is 7.14. The highest BCUT2D eigenvalue weighted by molar-refractivity contribution is 6.03. The Morgan fingerprint density at radius 1 is 1.29 bits per heavy atom. The Bertz CT molecular complexity index is 623. The number of fused-ring (bicyclic) bond motifs is 1. The van der Waals surface area contributed by atoms with Crippen LogP contribution in [0, 0.1) is 5.92 Å². The van der Waals surface area contributed by atoms with Gasteiger partial charge in [-0.15, -0.1) is 0 Å². The zero-order valence-electron chi connectivity index (χ0n) is 11.9. The van der Waals surface area contributed by atoms with E-state index in [1.54, 1.807) is 11.0 Å². The number of Topliss-reactive ketones (excluding diaryl/α,β-unsaturated/α-hetero) is 1. The molecule has 3 rings (SSSR count). The van der Waals surface area contributed by atoms with Crippen molar-refractivity contribution in [3.63, 3.8) is 0 Å². The lowest BCUT2D eigenvalue weighted by atomic mass is 9.90. The van der Waals surface area contributed by atoms with Crippen molar-refractivity contribution < 1.29 is 19.1 Å². The number of methoxy groups -OCH3 is 1. The normalized spacial score (nSPS) is 21.4. The summed E-state index contributed by atoms with van der Waals surface area (Å²) < 4.78 is 4.70. The van der Waals surface area contributed by atoms with E-state index in [4.69, 9.17) is 4.74 Å². The predicted octanol–water partition coefficient (Wildman–Crippen LogP) is 1.73. The summed E-state index contributed by atoms with van der Waals surface area (Å²) in [7, 11) is 1.33. The molecule has 1 heterocycles. The number of aryl methyl sites for hydroxylation is 1. The molecular formula is C16H17NO4. The Hall–Kier alpha value is -2.17. The molecule has 21 heavy (non-hydrogen) atoms. The Morgan fingerprint density at radius 3 is 2.86 bits per heavy atom. The summed E-state index contributed by atoms with van der Waals surface area (Å²) in [6.07, 6.45) is 2.52. The zero-order chi connectivity index (χ0) is 15.0. The van der Waals surface area contributed by atoms with Crippen LogP contribution in [-0.2, 0) is 20.7 Å². The molecule has 0 bridgehead atoms. The van der Waals surface area contributed by atoms with Crippen molar-refractivity contribution in [1.29, 1.82) is 0 Å². The average molecular weight is 287 g/mol. The molecule has 5 heteroatoms. The predicted molar refractivity (Wildman–Crippen MR) is 76.2 cm³/mol. The van der Waals surface area contributed by atoms with Gasteiger partial charge >= 0.3 is 5.97 Å². The quantitative estimate of drug-likeness (QED) is 0.777. The molecule has 1 aliphatic heterocycles. The molecular weight excluding hydrogens is 270 g/mol. The van der Waals surface area contributed by atoms with Gasteiger partial charge in [0.05, 0.1) is 13.0 Å². The van der Waals surface area contributed by atoms with Gasteiger partial charge in [0.25, 0.3) is 0 Å². The molecule has 0 radical (unpaired) electrons. The number of nitrogens with zero attached hydrogens (tertiary/aromatic N) is 1. The van der Waals surface area contributed by atoms with Crippen molar-refractivity contribution >= 4 is 23.3 Å². The molecule has 2 aliphatic rings. The number of carbonyl (C=O) groups is 3. The second kappa shape index (κ2) is 5.31. The van der Waals surface area contributed by atoms with Crippen molar-refractivity contribution in [2.24, 2.45) is 5.92 Å². The lowest BCUT2D eigenvalue weighted by Crippen LogP contribution is -2.26. The number of ether oxygens (including phenoxy) is 1. The molecule has 5 nitrogen and oxygen atoms in total. The van der Waals surface area contributed by atoms with Gasteiger partial charge in [0, 0.05) is 30.6 Å². The van der Waals surface area contributed by atoms with Crippen molar-refractivity contribution in [2.45, 2.75) is 25.7 Å². The maximum atomic E-state index is 12.1. The lowest BCUT2D eigenvalue weighted by Gasteiger charge is -2.20. The minimum Gasteiger partial charge on any atom is -0.469 e. The largest absolute Gasteiger partial charge is 0.469 e. The van der Waals surface area contributed by atoms with E-state index in [2.05, 4.69) is 0 Å². The van der Waals surface area contributed by atoms with Crippen molar-refractivity contribution in [3.8, 4) is 0 Å². The van der Waals surface area contributed by atoms with Gasteiger partial charge in [-0.1, -0.05) is 6.07 Å². The summed E-state index contributed by atoms with van der Waals surface area (Å²) in [6, 6.07) is 5.56. The molecule has 0 spiro atoms. The second-order valence-electron chi connectivity index (χ2n) is 5.55. The highest BCUT2D eigenvalue weighted by Crippen LogP contribution is 2.30. The molecule has 110 valence electrons. The number of carbonyl (C=O) groups excluding carboxylic acids is 3. The summed E-state index contributed by atoms with van der Waals surface area (Å²) in [5, 5.41) is 0. The van der Waals surface area contributed by atoms with Gasteiger partial charge < -0.3 is 9.64 Å². The fourth-order valence-corrected chi connectivity index (χ4v) is 3.07. The number of rotatable bonds is 2. The van der Waals surface area contributed by atoms with E-state index >= 15 is 0 Å². The van der Waals surface area contributed by atoms with Crippen LogP contribution in [0.4, 0.5) is 5.69 Å². The summed E-state index contributed by atoms with van der Waals surface area (Å²) in [6.45, 7) is 0.318. The van der Waals surface area contributed by atoms with E-state index < -0.39 is 5.92 Å². The molecule has 1 saturated heterocycles. The Kier molecular flexibility index (Phi) is 3.49. The van der Waals surface area contributed by atoms with E-state index in [1.165, 1.54) is 7.11 Å². The van der Waals surface area contributed by atoms with E-state index in [9.17, 15) is 14.4 Å². The molecule has 1 atom stereocenters. The second-order valence-corrected chi connectivity index (χ2v) is 5.55. The van der Waals surface area contributed by atoms with Crippen molar-refractivity contribution in [3.05, 3.63) is 29.3 Å². The lowest BCUT2D eigenvalue weighted by molar-refractivity contribution is -0.145. The zero-order valence-corrected chi connectivity index (χ0v) is 11.9. The third-order valence-electron chi connectivity index (χ3n) is 4.22. The summed E-state index contributed by atoms with van der Waals surface area (Å²) >= 11 is 0. The highest BCUT2D eigenvalue weighted by Gasteiger charge is 2.36. The topological polar surface area (TPSA) is 63.7 Å². The first-order chi connectivity index (χ1) is 10.1. The maximum absolute atomic E-state index is 12.1. The van der Waals surface area contributed by atoms with Crippen LogP contribution < -0.4 is 4.90 Å². The molecule has 1 aromatic rings. The molecule has 0 N–H and O–H groups in total. The van der Waals surface area contributed by atoms with Gasteiger partial charge in [-0.25, -0.2) is 0 Å². The number of ketones is 1. The fraction of sp³-hybridized carbons (Fsp3) is 0.438. The molecule has 1 unspecified atom stereocenters. The Morgan fingerprint density at radius 2 is 2.10 bits per heavy atom. The first-order valence-electron chi connectivity index (χ1n) is 7.14. The van der Waals surface area contributed by atoms with E-state index in [1.807, 2.05) is 12.1 Å². The van der Waals surface area contributed by atoms with E-state index in [0.717, 1.165) is 18.4 Å². The Balaban J connectivity index is 1.88. The molecule has 1 aliphatic carbocycles. The van der Waals surface area contributed by atoms with Crippen molar-refractivity contribution in [2.75, 3.05) is 18.6 Å². The number of benzene rings is 1. The first kappa shape index (κ1) is 13.8. The summed E-state index contributed by atoms with van der Waals surface area (Å²) in [5.41, 5.74) is 2.46. The van der Waals surface area contributed by atoms with Crippen LogP contribution in [0.5, 0.6) is 0 Å². The molecule has 1 aromatic carbocycles. The van der Waals surface area contributed by atoms with Crippen LogP contribution in [0.25, 0.3) is 0 Å². The average Bonchev–Trinajstić information content (AvgIpc) is 2.88. The summed E-state index contributed by atoms with van der Waals surface area (Å²) in [4.78, 5) is 37.2. The standard InChI is InChI=1S/C16H17NO4/c1-21-16(20)11-7-15(19)17(9-11)12-6-5-10-3-2-4-14(18)13(10)8-12/h5-6,8,11H,2-4,7,9H2,1H3. The number of esters is 1. The third kappa shape index (κ3) is 2.44. The molecule has 0 aromatic heterocycles. The number of hydrogen-bond acceptors (Lipinski definition) is 4. The number of amides is 1. The molecule has 1 amide bonds. The summed E-state index contributed by atoms with van der Waals surface area (Å²) in [5.74, 6) is -0.753. The SMILES string of the molecule is COC(=O)C1CC(=O)N(c2ccc3c(c2)C(=O)CCC3)C1. The van der Waals surface area contributed by atoms with Crippen LogP contribution in [-0.4, -0.2) is 31.3 Å². The minimum atomic E-state index is -0.422. The number of anilines is 1. The van der Waals surface area contributed by atoms with Gasteiger partial charge in [-0.3, -0.25) is 14.4 Å². The monoisotopic (exact) mass is 287 g/mol. The van der Waals surface area contributed by atoms with Crippen molar-refractivity contribution in [1.82, 2.24) is 0 Å². The Labute approximate surface area is 122 Å². The molecule has 1 fully saturated rings. The van der Waals surface area contributed by atoms with Crippen LogP contribution in [0.1, 0.15) is 35.2 Å². The molecule has 0 saturated carbocycles. The van der Waals surface area contributed by atoms with Gasteiger partial charge in [-0.05, 0) is 30.5 Å².